The van der Waals surface area contributed by atoms with E-state index in [1.807, 2.05) is 44.2 Å². The van der Waals surface area contributed by atoms with Crippen molar-refractivity contribution in [2.24, 2.45) is 0 Å². The second-order valence-corrected chi connectivity index (χ2v) is 9.67. The van der Waals surface area contributed by atoms with E-state index in [-0.39, 0.29) is 11.0 Å². The van der Waals surface area contributed by atoms with Gasteiger partial charge >= 0.3 is 5.97 Å². The van der Waals surface area contributed by atoms with Gasteiger partial charge < -0.3 is 15.0 Å². The number of carbonyl (C=O) groups excluding carboxylic acids is 2. The van der Waals surface area contributed by atoms with Crippen molar-refractivity contribution in [2.45, 2.75) is 20.4 Å². The van der Waals surface area contributed by atoms with Crippen LogP contribution in [0.15, 0.2) is 66.7 Å². The number of piperazine rings is 1. The monoisotopic (exact) mass is 516 g/mol. The van der Waals surface area contributed by atoms with Crippen LogP contribution in [0.2, 0.25) is 0 Å². The molecule has 0 aliphatic carbocycles. The van der Waals surface area contributed by atoms with Crippen LogP contribution in [0.4, 0.5) is 11.4 Å². The number of nitrogens with one attached hydrogen (secondary N) is 2. The minimum absolute atomic E-state index is 0.162. The summed E-state index contributed by atoms with van der Waals surface area (Å²) in [5.74, 6) is -0.725. The van der Waals surface area contributed by atoms with Crippen molar-refractivity contribution in [1.82, 2.24) is 10.2 Å². The molecule has 8 heteroatoms. The smallest absolute Gasteiger partial charge is 0.337 e. The largest absolute Gasteiger partial charge is 0.465 e. The fourth-order valence-electron chi connectivity index (χ4n) is 4.58. The highest BCUT2D eigenvalue weighted by Gasteiger charge is 2.21. The van der Waals surface area contributed by atoms with E-state index in [2.05, 4.69) is 44.7 Å². The average Bonchev–Trinajstić information content (AvgIpc) is 2.88. The summed E-state index contributed by atoms with van der Waals surface area (Å²) in [7, 11) is 1.35. The molecule has 0 bridgehead atoms. The van der Waals surface area contributed by atoms with Gasteiger partial charge in [0.15, 0.2) is 5.11 Å². The lowest BCUT2D eigenvalue weighted by atomic mass is 10.1. The molecule has 0 spiro atoms. The van der Waals surface area contributed by atoms with Gasteiger partial charge in [-0.3, -0.25) is 15.0 Å². The van der Waals surface area contributed by atoms with Gasteiger partial charge in [-0.05, 0) is 62.0 Å². The number of methoxy groups -OCH3 is 1. The van der Waals surface area contributed by atoms with Crippen molar-refractivity contribution in [3.8, 4) is 0 Å². The van der Waals surface area contributed by atoms with Gasteiger partial charge in [-0.15, -0.1) is 0 Å². The lowest BCUT2D eigenvalue weighted by Gasteiger charge is -2.37. The molecule has 37 heavy (non-hydrogen) atoms. The van der Waals surface area contributed by atoms with Crippen LogP contribution in [0.1, 0.15) is 37.4 Å². The third-order valence-corrected chi connectivity index (χ3v) is 6.54. The first-order chi connectivity index (χ1) is 17.8. The second kappa shape index (κ2) is 12.0. The van der Waals surface area contributed by atoms with Crippen LogP contribution in [0.25, 0.3) is 0 Å². The molecule has 1 aliphatic heterocycles. The highest BCUT2D eigenvalue weighted by molar-refractivity contribution is 7.80. The molecule has 1 heterocycles. The highest BCUT2D eigenvalue weighted by Crippen LogP contribution is 2.29. The van der Waals surface area contributed by atoms with Crippen molar-refractivity contribution in [2.75, 3.05) is 43.5 Å². The number of benzene rings is 3. The molecule has 0 atom stereocenters. The zero-order valence-electron chi connectivity index (χ0n) is 21.4. The molecular formula is C29H32N4O3S. The molecular weight excluding hydrogens is 484 g/mol. The molecule has 1 fully saturated rings. The van der Waals surface area contributed by atoms with E-state index in [1.165, 1.54) is 12.7 Å². The Morgan fingerprint density at radius 2 is 1.57 bits per heavy atom. The molecule has 192 valence electrons. The SMILES string of the molecule is COC(=O)c1ccc(N2CCN(Cc3ccccc3)CC2)c(NC(=S)NC(=O)c2cc(C)cc(C)c2)c1. The highest BCUT2D eigenvalue weighted by atomic mass is 32.1. The Labute approximate surface area is 223 Å². The van der Waals surface area contributed by atoms with Crippen molar-refractivity contribution < 1.29 is 14.3 Å². The summed E-state index contributed by atoms with van der Waals surface area (Å²) in [6.45, 7) is 8.26. The summed E-state index contributed by atoms with van der Waals surface area (Å²) in [6, 6.07) is 21.5. The molecule has 0 saturated carbocycles. The Kier molecular flexibility index (Phi) is 8.53. The third kappa shape index (κ3) is 6.93. The third-order valence-electron chi connectivity index (χ3n) is 6.34. The van der Waals surface area contributed by atoms with E-state index >= 15 is 0 Å². The predicted octanol–water partition coefficient (Wildman–Crippen LogP) is 4.54. The van der Waals surface area contributed by atoms with Crippen LogP contribution >= 0.6 is 12.2 Å². The number of rotatable bonds is 6. The van der Waals surface area contributed by atoms with Crippen LogP contribution in [-0.2, 0) is 11.3 Å². The number of anilines is 2. The number of carbonyl (C=O) groups is 2. The Bertz CT molecular complexity index is 1270. The number of thiocarbonyl (C=S) groups is 1. The summed E-state index contributed by atoms with van der Waals surface area (Å²) in [4.78, 5) is 29.7. The van der Waals surface area contributed by atoms with Crippen molar-refractivity contribution >= 4 is 40.6 Å². The average molecular weight is 517 g/mol. The Morgan fingerprint density at radius 3 is 2.22 bits per heavy atom. The lowest BCUT2D eigenvalue weighted by Crippen LogP contribution is -2.46. The number of aryl methyl sites for hydroxylation is 2. The van der Waals surface area contributed by atoms with E-state index < -0.39 is 5.97 Å². The first kappa shape index (κ1) is 26.3. The molecule has 7 nitrogen and oxygen atoms in total. The minimum atomic E-state index is -0.438. The van der Waals surface area contributed by atoms with Crippen LogP contribution in [-0.4, -0.2) is 55.2 Å². The molecule has 3 aromatic carbocycles. The molecule has 0 aromatic heterocycles. The first-order valence-electron chi connectivity index (χ1n) is 12.3. The Balaban J connectivity index is 1.47. The fraction of sp³-hybridized carbons (Fsp3) is 0.276. The Morgan fingerprint density at radius 1 is 0.892 bits per heavy atom. The molecule has 4 rings (SSSR count). The molecule has 0 unspecified atom stereocenters. The fourth-order valence-corrected chi connectivity index (χ4v) is 4.78. The van der Waals surface area contributed by atoms with Crippen LogP contribution in [0.5, 0.6) is 0 Å². The molecule has 3 aromatic rings. The van der Waals surface area contributed by atoms with Crippen molar-refractivity contribution in [3.05, 3.63) is 94.5 Å². The lowest BCUT2D eigenvalue weighted by molar-refractivity contribution is 0.0600. The summed E-state index contributed by atoms with van der Waals surface area (Å²) in [5.41, 5.74) is 5.80. The number of ether oxygens (including phenoxy) is 1. The predicted molar refractivity (Wildman–Crippen MR) is 151 cm³/mol. The van der Waals surface area contributed by atoms with Gasteiger partial charge in [-0.1, -0.05) is 47.5 Å². The van der Waals surface area contributed by atoms with Crippen LogP contribution in [0.3, 0.4) is 0 Å². The van der Waals surface area contributed by atoms with E-state index in [9.17, 15) is 9.59 Å². The van der Waals surface area contributed by atoms with Crippen LogP contribution in [0, 0.1) is 13.8 Å². The van der Waals surface area contributed by atoms with Gasteiger partial charge in [0, 0.05) is 38.3 Å². The standard InChI is InChI=1S/C29H32N4O3S/c1-20-15-21(2)17-24(16-20)27(34)31-29(37)30-25-18-23(28(35)36-3)9-10-26(25)33-13-11-32(12-14-33)19-22-7-5-4-6-8-22/h4-10,15-18H,11-14,19H2,1-3H3,(H2,30,31,34,37). The van der Waals surface area contributed by atoms with Gasteiger partial charge in [0.1, 0.15) is 0 Å². The Hall–Kier alpha value is -3.75. The van der Waals surface area contributed by atoms with Crippen LogP contribution < -0.4 is 15.5 Å². The first-order valence-corrected chi connectivity index (χ1v) is 12.7. The van der Waals surface area contributed by atoms with E-state index in [0.717, 1.165) is 49.5 Å². The quantitative estimate of drug-likeness (QED) is 0.368. The maximum atomic E-state index is 12.8. The van der Waals surface area contributed by atoms with E-state index in [1.54, 1.807) is 12.1 Å². The number of nitrogens with zero attached hydrogens (tertiary/aromatic N) is 2. The van der Waals surface area contributed by atoms with E-state index in [0.29, 0.717) is 16.8 Å². The van der Waals surface area contributed by atoms with Gasteiger partial charge in [-0.25, -0.2) is 4.79 Å². The number of hydrogen-bond acceptors (Lipinski definition) is 6. The maximum absolute atomic E-state index is 12.8. The van der Waals surface area contributed by atoms with Gasteiger partial charge in [-0.2, -0.15) is 0 Å². The van der Waals surface area contributed by atoms with Crippen molar-refractivity contribution in [1.29, 1.82) is 0 Å². The molecule has 0 radical (unpaired) electrons. The van der Waals surface area contributed by atoms with E-state index in [4.69, 9.17) is 17.0 Å². The maximum Gasteiger partial charge on any atom is 0.337 e. The van der Waals surface area contributed by atoms with Gasteiger partial charge in [0.05, 0.1) is 24.0 Å². The second-order valence-electron chi connectivity index (χ2n) is 9.26. The minimum Gasteiger partial charge on any atom is -0.465 e. The zero-order valence-corrected chi connectivity index (χ0v) is 22.2. The number of hydrogen-bond donors (Lipinski definition) is 2. The normalized spacial score (nSPS) is 13.6. The molecule has 1 amide bonds. The molecule has 1 saturated heterocycles. The van der Waals surface area contributed by atoms with Crippen molar-refractivity contribution in [3.63, 3.8) is 0 Å². The summed E-state index contributed by atoms with van der Waals surface area (Å²) >= 11 is 5.48. The number of amides is 1. The molecule has 2 N–H and O–H groups in total. The number of esters is 1. The van der Waals surface area contributed by atoms with Gasteiger partial charge in [0.25, 0.3) is 5.91 Å². The summed E-state index contributed by atoms with van der Waals surface area (Å²) in [5, 5.41) is 6.07. The zero-order chi connectivity index (χ0) is 26.4. The topological polar surface area (TPSA) is 73.9 Å². The summed E-state index contributed by atoms with van der Waals surface area (Å²) in [6.07, 6.45) is 0. The molecule has 1 aliphatic rings. The summed E-state index contributed by atoms with van der Waals surface area (Å²) < 4.78 is 4.91. The van der Waals surface area contributed by atoms with Gasteiger partial charge in [0.2, 0.25) is 0 Å².